The minimum absolute atomic E-state index is 0.215. The lowest BCUT2D eigenvalue weighted by Gasteiger charge is -2.32. The summed E-state index contributed by atoms with van der Waals surface area (Å²) < 4.78 is 8.70. The molecule has 2 nitrogen and oxygen atoms in total. The second kappa shape index (κ2) is 7.65. The Morgan fingerprint density at radius 1 is 0.935 bits per heavy atom. The molecule has 3 heteroatoms. The molecule has 5 rings (SSSR count). The molecule has 1 aliphatic rings. The van der Waals surface area contributed by atoms with Crippen molar-refractivity contribution in [1.29, 1.82) is 0 Å². The fourth-order valence-corrected chi connectivity index (χ4v) is 7.40. The summed E-state index contributed by atoms with van der Waals surface area (Å²) >= 11 is 0. The van der Waals surface area contributed by atoms with Crippen LogP contribution in [0.3, 0.4) is 0 Å². The van der Waals surface area contributed by atoms with Crippen LogP contribution in [0.2, 0.25) is 0 Å². The number of carbonyl (C=O) groups is 1. The lowest BCUT2D eigenvalue weighted by Crippen LogP contribution is -2.36. The molecule has 1 atom stereocenters. The van der Waals surface area contributed by atoms with Gasteiger partial charge in [0.2, 0.25) is 0 Å². The lowest BCUT2D eigenvalue weighted by atomic mass is 9.86. The molecular weight excluding hydrogens is 400 g/mol. The Kier molecular flexibility index (Phi) is 4.94. The zero-order valence-electron chi connectivity index (χ0n) is 18.2. The molecule has 0 fully saturated rings. The molecule has 156 valence electrons. The van der Waals surface area contributed by atoms with Crippen molar-refractivity contribution >= 4 is 36.6 Å². The first-order chi connectivity index (χ1) is 15.0. The molecule has 4 aromatic rings. The molecule has 1 aliphatic carbocycles. The quantitative estimate of drug-likeness (QED) is 0.187. The number of benzene rings is 3. The molecule has 0 radical (unpaired) electrons. The smallest absolute Gasteiger partial charge is 0.338 e. The third-order valence-corrected chi connectivity index (χ3v) is 8.79. The second-order valence-corrected chi connectivity index (χ2v) is 10.9. The van der Waals surface area contributed by atoms with E-state index in [2.05, 4.69) is 67.6 Å². The van der Waals surface area contributed by atoms with Gasteiger partial charge in [-0.05, 0) is 70.0 Å². The highest BCUT2D eigenvalue weighted by molar-refractivity contribution is 7.50. The summed E-state index contributed by atoms with van der Waals surface area (Å²) in [6, 6.07) is 25.2. The number of thiophene rings is 1. The molecular formula is C28H27O2S+. The molecule has 0 aliphatic heterocycles. The highest BCUT2D eigenvalue weighted by Gasteiger charge is 2.36. The van der Waals surface area contributed by atoms with Crippen LogP contribution < -0.4 is 0 Å². The topological polar surface area (TPSA) is 26.3 Å². The van der Waals surface area contributed by atoms with Gasteiger partial charge >= 0.3 is 5.97 Å². The van der Waals surface area contributed by atoms with E-state index < -0.39 is 5.60 Å². The van der Waals surface area contributed by atoms with Crippen molar-refractivity contribution in [3.8, 4) is 4.90 Å². The molecule has 1 heterocycles. The summed E-state index contributed by atoms with van der Waals surface area (Å²) in [7, 11) is -0.215. The zero-order valence-corrected chi connectivity index (χ0v) is 19.0. The Bertz CT molecular complexity index is 1270. The van der Waals surface area contributed by atoms with Gasteiger partial charge in [0, 0.05) is 33.2 Å². The molecule has 0 bridgehead atoms. The van der Waals surface area contributed by atoms with Crippen molar-refractivity contribution in [1.82, 2.24) is 0 Å². The van der Waals surface area contributed by atoms with Crippen LogP contribution >= 0.6 is 10.5 Å². The summed E-state index contributed by atoms with van der Waals surface area (Å²) in [5, 5.41) is 2.58. The predicted octanol–water partition coefficient (Wildman–Crippen LogP) is 8.02. The van der Waals surface area contributed by atoms with Crippen molar-refractivity contribution in [3.63, 3.8) is 0 Å². The number of carbonyl (C=O) groups excluding carboxylic acids is 1. The molecule has 0 N–H and O–H groups in total. The average Bonchev–Trinajstić information content (AvgIpc) is 3.35. The summed E-state index contributed by atoms with van der Waals surface area (Å²) in [6.07, 6.45) is 4.37. The number of esters is 1. The lowest BCUT2D eigenvalue weighted by molar-refractivity contribution is -0.0219. The van der Waals surface area contributed by atoms with E-state index in [-0.39, 0.29) is 22.4 Å². The van der Waals surface area contributed by atoms with Crippen LogP contribution in [0.5, 0.6) is 0 Å². The number of hydrogen-bond donors (Lipinski definition) is 0. The average molecular weight is 428 g/mol. The Morgan fingerprint density at radius 2 is 1.58 bits per heavy atom. The number of ether oxygens (including phenoxy) is 1. The SMILES string of the molecule is CC1=CCCC1C(C)(C)OC(=O)c1cccc(-[s+]2c3ccccc3c3ccccc32)c1. The van der Waals surface area contributed by atoms with Crippen molar-refractivity contribution in [2.45, 2.75) is 39.2 Å². The summed E-state index contributed by atoms with van der Waals surface area (Å²) in [4.78, 5) is 14.3. The molecule has 1 aromatic heterocycles. The molecule has 31 heavy (non-hydrogen) atoms. The Balaban J connectivity index is 1.54. The van der Waals surface area contributed by atoms with E-state index >= 15 is 0 Å². The van der Waals surface area contributed by atoms with E-state index in [9.17, 15) is 4.79 Å². The third kappa shape index (κ3) is 3.47. The fourth-order valence-electron chi connectivity index (χ4n) is 4.97. The number of rotatable bonds is 4. The largest absolute Gasteiger partial charge is 0.455 e. The molecule has 0 amide bonds. The van der Waals surface area contributed by atoms with E-state index in [0.717, 1.165) is 17.7 Å². The highest BCUT2D eigenvalue weighted by atomic mass is 32.2. The molecule has 3 aromatic carbocycles. The first-order valence-electron chi connectivity index (χ1n) is 10.9. The molecule has 1 unspecified atom stereocenters. The molecule has 0 saturated carbocycles. The van der Waals surface area contributed by atoms with Crippen molar-refractivity contribution < 1.29 is 9.53 Å². The Labute approximate surface area is 186 Å². The van der Waals surface area contributed by atoms with Crippen LogP contribution in [0.15, 0.2) is 84.4 Å². The van der Waals surface area contributed by atoms with Gasteiger partial charge in [-0.1, -0.05) is 42.0 Å². The molecule has 0 saturated heterocycles. The number of allylic oxidation sites excluding steroid dienone is 1. The summed E-state index contributed by atoms with van der Waals surface area (Å²) in [5.74, 6) is 0.0472. The van der Waals surface area contributed by atoms with Gasteiger partial charge in [-0.3, -0.25) is 0 Å². The third-order valence-electron chi connectivity index (χ3n) is 6.48. The van der Waals surface area contributed by atoms with E-state index in [1.807, 2.05) is 32.0 Å². The van der Waals surface area contributed by atoms with Gasteiger partial charge in [0.05, 0.1) is 5.56 Å². The maximum atomic E-state index is 13.1. The van der Waals surface area contributed by atoms with Gasteiger partial charge in [-0.2, -0.15) is 0 Å². The summed E-state index contributed by atoms with van der Waals surface area (Å²) in [5.41, 5.74) is 1.44. The van der Waals surface area contributed by atoms with Gasteiger partial charge in [0.25, 0.3) is 0 Å². The van der Waals surface area contributed by atoms with Crippen LogP contribution in [0.25, 0.3) is 25.1 Å². The Morgan fingerprint density at radius 3 is 2.19 bits per heavy atom. The van der Waals surface area contributed by atoms with Crippen LogP contribution in [0, 0.1) is 5.92 Å². The highest BCUT2D eigenvalue weighted by Crippen LogP contribution is 2.48. The van der Waals surface area contributed by atoms with Crippen molar-refractivity contribution in [3.05, 3.63) is 90.0 Å². The molecule has 0 spiro atoms. The van der Waals surface area contributed by atoms with Crippen LogP contribution in [-0.4, -0.2) is 11.6 Å². The summed E-state index contributed by atoms with van der Waals surface area (Å²) in [6.45, 7) is 6.21. The first-order valence-corrected chi connectivity index (χ1v) is 12.1. The zero-order chi connectivity index (χ0) is 21.6. The normalized spacial score (nSPS) is 16.6. The maximum absolute atomic E-state index is 13.1. The standard InChI is InChI=1S/C28H27O2S/c1-19-10-8-15-24(19)28(2,3)30-27(29)20-11-9-12-21(18-20)31-25-16-6-4-13-22(25)23-14-5-7-17-26(23)31/h4-7,9-14,16-18,24H,8,15H2,1-3H3/q+1. The van der Waals surface area contributed by atoms with Crippen molar-refractivity contribution in [2.24, 2.45) is 5.92 Å². The van der Waals surface area contributed by atoms with Gasteiger partial charge in [0.1, 0.15) is 5.60 Å². The Hall–Kier alpha value is -2.91. The van der Waals surface area contributed by atoms with Gasteiger partial charge < -0.3 is 4.74 Å². The van der Waals surface area contributed by atoms with Gasteiger partial charge in [-0.25, -0.2) is 4.79 Å². The van der Waals surface area contributed by atoms with Crippen LogP contribution in [-0.2, 0) is 4.74 Å². The van der Waals surface area contributed by atoms with Gasteiger partial charge in [-0.15, -0.1) is 0 Å². The monoisotopic (exact) mass is 427 g/mol. The maximum Gasteiger partial charge on any atom is 0.338 e. The van der Waals surface area contributed by atoms with E-state index in [1.54, 1.807) is 0 Å². The number of hydrogen-bond acceptors (Lipinski definition) is 2. The minimum Gasteiger partial charge on any atom is -0.455 e. The first kappa shape index (κ1) is 20.0. The van der Waals surface area contributed by atoms with Gasteiger partial charge in [0.15, 0.2) is 14.3 Å². The van der Waals surface area contributed by atoms with E-state index in [0.29, 0.717) is 5.56 Å². The van der Waals surface area contributed by atoms with Crippen LogP contribution in [0.1, 0.15) is 44.0 Å². The van der Waals surface area contributed by atoms with E-state index in [4.69, 9.17) is 4.74 Å². The predicted molar refractivity (Wildman–Crippen MR) is 131 cm³/mol. The second-order valence-electron chi connectivity index (χ2n) is 8.90. The van der Waals surface area contributed by atoms with E-state index in [1.165, 1.54) is 25.7 Å². The van der Waals surface area contributed by atoms with Crippen LogP contribution in [0.4, 0.5) is 0 Å². The number of fused-ring (bicyclic) bond motifs is 3. The fraction of sp³-hybridized carbons (Fsp3) is 0.250. The minimum atomic E-state index is -0.515. The van der Waals surface area contributed by atoms with Crippen molar-refractivity contribution in [2.75, 3.05) is 0 Å².